The fourth-order valence-electron chi connectivity index (χ4n) is 2.31. The molecule has 0 amide bonds. The molecule has 0 aromatic rings. The van der Waals surface area contributed by atoms with Crippen molar-refractivity contribution in [3.05, 3.63) is 0 Å². The lowest BCUT2D eigenvalue weighted by molar-refractivity contribution is 0.347. The van der Waals surface area contributed by atoms with Gasteiger partial charge in [-0.2, -0.15) is 0 Å². The summed E-state index contributed by atoms with van der Waals surface area (Å²) in [4.78, 5) is 0. The van der Waals surface area contributed by atoms with Gasteiger partial charge in [-0.1, -0.05) is 13.8 Å². The predicted molar refractivity (Wildman–Crippen MR) is 49.4 cm³/mol. The van der Waals surface area contributed by atoms with Crippen LogP contribution in [0.1, 0.15) is 46.5 Å². The summed E-state index contributed by atoms with van der Waals surface area (Å²) >= 11 is 0. The fraction of sp³-hybridized carbons (Fsp3) is 1.00. The van der Waals surface area contributed by atoms with E-state index >= 15 is 0 Å². The third kappa shape index (κ3) is 2.82. The lowest BCUT2D eigenvalue weighted by Crippen LogP contribution is -2.19. The van der Waals surface area contributed by atoms with E-state index in [9.17, 15) is 0 Å². The first-order valence-electron chi connectivity index (χ1n) is 4.75. The van der Waals surface area contributed by atoms with Crippen LogP contribution >= 0.6 is 0 Å². The Morgan fingerprint density at radius 2 is 2.18 bits per heavy atom. The van der Waals surface area contributed by atoms with Crippen LogP contribution < -0.4 is 5.73 Å². The van der Waals surface area contributed by atoms with E-state index in [4.69, 9.17) is 5.73 Å². The molecule has 1 saturated carbocycles. The average molecular weight is 155 g/mol. The van der Waals surface area contributed by atoms with Crippen molar-refractivity contribution in [3.63, 3.8) is 0 Å². The SMILES string of the molecule is C[C@@H](N)CC1CCC(C)(C)C1. The molecule has 66 valence electrons. The molecule has 0 saturated heterocycles. The number of hydrogen-bond donors (Lipinski definition) is 1. The van der Waals surface area contributed by atoms with Gasteiger partial charge in [-0.25, -0.2) is 0 Å². The summed E-state index contributed by atoms with van der Waals surface area (Å²) in [6.45, 7) is 6.85. The molecular weight excluding hydrogens is 134 g/mol. The standard InChI is InChI=1S/C10H21N/c1-8(11)6-9-4-5-10(2,3)7-9/h8-9H,4-7,11H2,1-3H3/t8-,9?/m1/s1. The van der Waals surface area contributed by atoms with Crippen molar-refractivity contribution >= 4 is 0 Å². The van der Waals surface area contributed by atoms with Crippen LogP contribution in [0.5, 0.6) is 0 Å². The monoisotopic (exact) mass is 155 g/mol. The highest BCUT2D eigenvalue weighted by Gasteiger charge is 2.30. The maximum absolute atomic E-state index is 5.76. The second-order valence-electron chi connectivity index (χ2n) is 4.99. The van der Waals surface area contributed by atoms with E-state index in [0.29, 0.717) is 11.5 Å². The Labute approximate surface area is 70.4 Å². The predicted octanol–water partition coefficient (Wildman–Crippen LogP) is 2.55. The molecule has 0 aromatic heterocycles. The van der Waals surface area contributed by atoms with Gasteiger partial charge in [0.1, 0.15) is 0 Å². The average Bonchev–Trinajstić information content (AvgIpc) is 2.08. The Morgan fingerprint density at radius 1 is 1.55 bits per heavy atom. The highest BCUT2D eigenvalue weighted by molar-refractivity contribution is 4.83. The van der Waals surface area contributed by atoms with E-state index in [1.165, 1.54) is 25.7 Å². The van der Waals surface area contributed by atoms with E-state index in [2.05, 4.69) is 20.8 Å². The van der Waals surface area contributed by atoms with Crippen molar-refractivity contribution in [1.29, 1.82) is 0 Å². The molecule has 11 heavy (non-hydrogen) atoms. The molecule has 0 bridgehead atoms. The van der Waals surface area contributed by atoms with Crippen LogP contribution in [0, 0.1) is 11.3 Å². The van der Waals surface area contributed by atoms with Crippen LogP contribution in [0.2, 0.25) is 0 Å². The van der Waals surface area contributed by atoms with Crippen LogP contribution in [-0.4, -0.2) is 6.04 Å². The molecular formula is C10H21N. The molecule has 1 rings (SSSR count). The van der Waals surface area contributed by atoms with Crippen molar-refractivity contribution in [1.82, 2.24) is 0 Å². The van der Waals surface area contributed by atoms with Gasteiger partial charge in [0.2, 0.25) is 0 Å². The Kier molecular flexibility index (Phi) is 2.58. The van der Waals surface area contributed by atoms with Gasteiger partial charge in [-0.15, -0.1) is 0 Å². The Morgan fingerprint density at radius 3 is 2.55 bits per heavy atom. The normalized spacial score (nSPS) is 32.2. The van der Waals surface area contributed by atoms with Gasteiger partial charge < -0.3 is 5.73 Å². The zero-order valence-electron chi connectivity index (χ0n) is 8.06. The van der Waals surface area contributed by atoms with Crippen molar-refractivity contribution in [3.8, 4) is 0 Å². The van der Waals surface area contributed by atoms with Gasteiger partial charge in [0.25, 0.3) is 0 Å². The first-order valence-corrected chi connectivity index (χ1v) is 4.75. The Bertz CT molecular complexity index is 127. The molecule has 2 N–H and O–H groups in total. The van der Waals surface area contributed by atoms with Gasteiger partial charge in [-0.3, -0.25) is 0 Å². The molecule has 0 aliphatic heterocycles. The minimum atomic E-state index is 0.397. The topological polar surface area (TPSA) is 26.0 Å². The maximum Gasteiger partial charge on any atom is 0.00131 e. The second kappa shape index (κ2) is 3.14. The molecule has 1 aliphatic carbocycles. The number of nitrogens with two attached hydrogens (primary N) is 1. The van der Waals surface area contributed by atoms with Crippen molar-refractivity contribution < 1.29 is 0 Å². The molecule has 0 radical (unpaired) electrons. The highest BCUT2D eigenvalue weighted by Crippen LogP contribution is 2.42. The molecule has 2 atom stereocenters. The van der Waals surface area contributed by atoms with E-state index < -0.39 is 0 Å². The summed E-state index contributed by atoms with van der Waals surface area (Å²) < 4.78 is 0. The zero-order valence-corrected chi connectivity index (χ0v) is 8.06. The summed E-state index contributed by atoms with van der Waals surface area (Å²) in [7, 11) is 0. The van der Waals surface area contributed by atoms with Crippen LogP contribution in [0.15, 0.2) is 0 Å². The van der Waals surface area contributed by atoms with Crippen LogP contribution in [-0.2, 0) is 0 Å². The molecule has 0 spiro atoms. The molecule has 0 aromatic carbocycles. The molecule has 1 aliphatic rings. The largest absolute Gasteiger partial charge is 0.328 e. The fourth-order valence-corrected chi connectivity index (χ4v) is 2.31. The molecule has 1 unspecified atom stereocenters. The van der Waals surface area contributed by atoms with Gasteiger partial charge >= 0.3 is 0 Å². The minimum Gasteiger partial charge on any atom is -0.328 e. The quantitative estimate of drug-likeness (QED) is 0.651. The van der Waals surface area contributed by atoms with Gasteiger partial charge in [0.15, 0.2) is 0 Å². The van der Waals surface area contributed by atoms with E-state index in [-0.39, 0.29) is 0 Å². The highest BCUT2D eigenvalue weighted by atomic mass is 14.6. The van der Waals surface area contributed by atoms with Gasteiger partial charge in [0, 0.05) is 6.04 Å². The van der Waals surface area contributed by atoms with Crippen LogP contribution in [0.3, 0.4) is 0 Å². The second-order valence-corrected chi connectivity index (χ2v) is 4.99. The Hall–Kier alpha value is -0.0400. The third-order valence-corrected chi connectivity index (χ3v) is 2.78. The van der Waals surface area contributed by atoms with Crippen LogP contribution in [0.25, 0.3) is 0 Å². The summed E-state index contributed by atoms with van der Waals surface area (Å²) in [5.41, 5.74) is 6.36. The smallest absolute Gasteiger partial charge is 0.00131 e. The molecule has 1 nitrogen and oxygen atoms in total. The minimum absolute atomic E-state index is 0.397. The van der Waals surface area contributed by atoms with E-state index in [1.54, 1.807) is 0 Å². The first kappa shape index (κ1) is 9.05. The van der Waals surface area contributed by atoms with E-state index in [0.717, 1.165) is 5.92 Å². The van der Waals surface area contributed by atoms with Crippen molar-refractivity contribution in [2.45, 2.75) is 52.5 Å². The van der Waals surface area contributed by atoms with Crippen LogP contribution in [0.4, 0.5) is 0 Å². The zero-order chi connectivity index (χ0) is 8.48. The summed E-state index contributed by atoms with van der Waals surface area (Å²) in [6.07, 6.45) is 5.40. The molecule has 1 fully saturated rings. The van der Waals surface area contributed by atoms with Crippen molar-refractivity contribution in [2.75, 3.05) is 0 Å². The van der Waals surface area contributed by atoms with Gasteiger partial charge in [-0.05, 0) is 43.9 Å². The number of rotatable bonds is 2. The lowest BCUT2D eigenvalue weighted by Gasteiger charge is -2.17. The lowest BCUT2D eigenvalue weighted by atomic mass is 9.89. The first-order chi connectivity index (χ1) is 4.99. The maximum atomic E-state index is 5.76. The van der Waals surface area contributed by atoms with Gasteiger partial charge in [0.05, 0.1) is 0 Å². The van der Waals surface area contributed by atoms with E-state index in [1.807, 2.05) is 0 Å². The Balaban J connectivity index is 2.31. The summed E-state index contributed by atoms with van der Waals surface area (Å²) in [5.74, 6) is 0.907. The number of hydrogen-bond acceptors (Lipinski definition) is 1. The summed E-state index contributed by atoms with van der Waals surface area (Å²) in [5, 5.41) is 0. The molecule has 0 heterocycles. The third-order valence-electron chi connectivity index (χ3n) is 2.78. The van der Waals surface area contributed by atoms with Crippen molar-refractivity contribution in [2.24, 2.45) is 17.1 Å². The summed E-state index contributed by atoms with van der Waals surface area (Å²) in [6, 6.07) is 0.397. The molecule has 1 heteroatoms.